The Labute approximate surface area is 132 Å². The molecule has 3 atom stereocenters. The summed E-state index contributed by atoms with van der Waals surface area (Å²) in [6, 6.07) is 5.61. The number of hydrogen-bond donors (Lipinski definition) is 2. The molecule has 0 saturated heterocycles. The van der Waals surface area contributed by atoms with Gasteiger partial charge in [-0.3, -0.25) is 4.98 Å². The predicted octanol–water partition coefficient (Wildman–Crippen LogP) is 2.73. The Morgan fingerprint density at radius 2 is 2.32 bits per heavy atom. The van der Waals surface area contributed by atoms with Crippen molar-refractivity contribution in [1.29, 1.82) is 0 Å². The summed E-state index contributed by atoms with van der Waals surface area (Å²) >= 11 is 0. The average Bonchev–Trinajstić information content (AvgIpc) is 2.92. The minimum Gasteiger partial charge on any atom is -0.393 e. The van der Waals surface area contributed by atoms with Gasteiger partial charge in [-0.25, -0.2) is 4.79 Å². The Kier molecular flexibility index (Phi) is 6.19. The Morgan fingerprint density at radius 3 is 2.91 bits per heavy atom. The van der Waals surface area contributed by atoms with Crippen LogP contribution in [0, 0.1) is 5.92 Å². The summed E-state index contributed by atoms with van der Waals surface area (Å²) in [7, 11) is 1.79. The van der Waals surface area contributed by atoms with Crippen molar-refractivity contribution in [3.63, 3.8) is 0 Å². The maximum Gasteiger partial charge on any atom is 0.317 e. The van der Waals surface area contributed by atoms with Crippen molar-refractivity contribution in [3.8, 4) is 0 Å². The van der Waals surface area contributed by atoms with Crippen LogP contribution >= 0.6 is 0 Å². The first-order chi connectivity index (χ1) is 10.6. The monoisotopic (exact) mass is 305 g/mol. The second-order valence-corrected chi connectivity index (χ2v) is 6.18. The molecule has 1 fully saturated rings. The van der Waals surface area contributed by atoms with Crippen molar-refractivity contribution in [2.45, 2.75) is 51.2 Å². The molecule has 5 heteroatoms. The Bertz CT molecular complexity index is 466. The van der Waals surface area contributed by atoms with Crippen molar-refractivity contribution < 1.29 is 9.90 Å². The molecule has 1 aromatic heterocycles. The topological polar surface area (TPSA) is 65.5 Å². The molecule has 0 aromatic carbocycles. The highest BCUT2D eigenvalue weighted by molar-refractivity contribution is 5.74. The number of aromatic nitrogens is 1. The number of carbonyl (C=O) groups is 1. The number of pyridine rings is 1. The number of carbonyl (C=O) groups excluding carboxylic acids is 1. The summed E-state index contributed by atoms with van der Waals surface area (Å²) in [6.07, 6.45) is 6.23. The molecule has 122 valence electrons. The number of hydrogen-bond acceptors (Lipinski definition) is 3. The number of nitrogens with one attached hydrogen (secondary N) is 1. The summed E-state index contributed by atoms with van der Waals surface area (Å²) < 4.78 is 0. The van der Waals surface area contributed by atoms with Gasteiger partial charge < -0.3 is 15.3 Å². The van der Waals surface area contributed by atoms with E-state index in [9.17, 15) is 9.90 Å². The first kappa shape index (κ1) is 16.7. The molecule has 0 spiro atoms. The first-order valence-corrected chi connectivity index (χ1v) is 8.22. The van der Waals surface area contributed by atoms with E-state index in [1.54, 1.807) is 18.1 Å². The van der Waals surface area contributed by atoms with Gasteiger partial charge in [-0.2, -0.15) is 0 Å². The van der Waals surface area contributed by atoms with E-state index < -0.39 is 0 Å². The number of nitrogens with zero attached hydrogens (tertiary/aromatic N) is 2. The quantitative estimate of drug-likeness (QED) is 0.849. The van der Waals surface area contributed by atoms with Gasteiger partial charge in [0.2, 0.25) is 0 Å². The minimum absolute atomic E-state index is 0.0605. The van der Waals surface area contributed by atoms with Gasteiger partial charge in [0.15, 0.2) is 0 Å². The molecule has 5 nitrogen and oxygen atoms in total. The van der Waals surface area contributed by atoms with Crippen LogP contribution < -0.4 is 5.32 Å². The van der Waals surface area contributed by atoms with E-state index in [0.717, 1.165) is 37.8 Å². The summed E-state index contributed by atoms with van der Waals surface area (Å²) in [5, 5.41) is 13.0. The van der Waals surface area contributed by atoms with E-state index in [1.165, 1.54) is 0 Å². The molecule has 1 heterocycles. The highest BCUT2D eigenvalue weighted by Gasteiger charge is 2.28. The summed E-state index contributed by atoms with van der Waals surface area (Å²) in [5.74, 6) is 0.204. The van der Waals surface area contributed by atoms with Crippen LogP contribution in [0.25, 0.3) is 0 Å². The maximum absolute atomic E-state index is 12.4. The molecular weight excluding hydrogens is 278 g/mol. The zero-order valence-electron chi connectivity index (χ0n) is 13.5. The largest absolute Gasteiger partial charge is 0.393 e. The third-order valence-electron chi connectivity index (χ3n) is 4.39. The zero-order chi connectivity index (χ0) is 15.9. The van der Waals surface area contributed by atoms with Gasteiger partial charge in [-0.05, 0) is 31.4 Å². The van der Waals surface area contributed by atoms with E-state index >= 15 is 0 Å². The number of amides is 2. The molecule has 1 aromatic rings. The number of urea groups is 1. The van der Waals surface area contributed by atoms with Gasteiger partial charge in [0.05, 0.1) is 17.8 Å². The van der Waals surface area contributed by atoms with E-state index in [1.807, 2.05) is 18.2 Å². The molecule has 1 aliphatic carbocycles. The van der Waals surface area contributed by atoms with E-state index in [0.29, 0.717) is 6.54 Å². The fraction of sp³-hybridized carbons (Fsp3) is 0.647. The van der Waals surface area contributed by atoms with E-state index in [4.69, 9.17) is 0 Å². The molecule has 0 unspecified atom stereocenters. The van der Waals surface area contributed by atoms with Crippen LogP contribution in [0.3, 0.4) is 0 Å². The van der Waals surface area contributed by atoms with Crippen LogP contribution in [0.15, 0.2) is 24.4 Å². The Hall–Kier alpha value is -1.62. The number of rotatable bonds is 6. The maximum atomic E-state index is 12.4. The van der Waals surface area contributed by atoms with Gasteiger partial charge in [-0.15, -0.1) is 0 Å². The molecule has 2 amide bonds. The fourth-order valence-electron chi connectivity index (χ4n) is 3.09. The van der Waals surface area contributed by atoms with Gasteiger partial charge in [-0.1, -0.05) is 25.8 Å². The number of aliphatic hydroxyl groups is 1. The van der Waals surface area contributed by atoms with Crippen molar-refractivity contribution in [3.05, 3.63) is 30.1 Å². The fourth-order valence-corrected chi connectivity index (χ4v) is 3.09. The Morgan fingerprint density at radius 1 is 1.50 bits per heavy atom. The van der Waals surface area contributed by atoms with Gasteiger partial charge in [0, 0.05) is 25.7 Å². The lowest BCUT2D eigenvalue weighted by atomic mass is 10.1. The van der Waals surface area contributed by atoms with Crippen LogP contribution in [0.5, 0.6) is 0 Å². The number of aliphatic hydroxyl groups excluding tert-OH is 1. The van der Waals surface area contributed by atoms with E-state index in [-0.39, 0.29) is 24.1 Å². The third-order valence-corrected chi connectivity index (χ3v) is 4.39. The van der Waals surface area contributed by atoms with Gasteiger partial charge in [0.1, 0.15) is 0 Å². The molecule has 0 radical (unpaired) electrons. The standard InChI is InChI=1S/C17H27N3O2/c1-3-7-15(14-9-4-5-11-18-14)19-17(22)20(2)12-13-8-6-10-16(13)21/h4-5,9,11,13,15-16,21H,3,6-8,10,12H2,1-2H3,(H,19,22)/t13-,15-,16+/m0/s1. The van der Waals surface area contributed by atoms with Crippen LogP contribution in [0.2, 0.25) is 0 Å². The second-order valence-electron chi connectivity index (χ2n) is 6.18. The Balaban J connectivity index is 1.92. The third kappa shape index (κ3) is 4.44. The van der Waals surface area contributed by atoms with Gasteiger partial charge >= 0.3 is 6.03 Å². The average molecular weight is 305 g/mol. The van der Waals surface area contributed by atoms with Crippen LogP contribution in [-0.2, 0) is 0 Å². The van der Waals surface area contributed by atoms with Crippen molar-refractivity contribution in [2.24, 2.45) is 5.92 Å². The molecule has 2 N–H and O–H groups in total. The second kappa shape index (κ2) is 8.13. The smallest absolute Gasteiger partial charge is 0.317 e. The normalized spacial score (nSPS) is 22.3. The highest BCUT2D eigenvalue weighted by atomic mass is 16.3. The molecule has 0 aliphatic heterocycles. The molecule has 22 heavy (non-hydrogen) atoms. The first-order valence-electron chi connectivity index (χ1n) is 8.22. The minimum atomic E-state index is -0.266. The summed E-state index contributed by atoms with van der Waals surface area (Å²) in [5.41, 5.74) is 0.895. The molecule has 1 saturated carbocycles. The van der Waals surface area contributed by atoms with Crippen molar-refractivity contribution in [2.75, 3.05) is 13.6 Å². The van der Waals surface area contributed by atoms with E-state index in [2.05, 4.69) is 17.2 Å². The van der Waals surface area contributed by atoms with Crippen LogP contribution in [0.1, 0.15) is 50.8 Å². The summed E-state index contributed by atoms with van der Waals surface area (Å²) in [4.78, 5) is 18.4. The summed E-state index contributed by atoms with van der Waals surface area (Å²) in [6.45, 7) is 2.70. The highest BCUT2D eigenvalue weighted by Crippen LogP contribution is 2.26. The zero-order valence-corrected chi connectivity index (χ0v) is 13.5. The lowest BCUT2D eigenvalue weighted by molar-refractivity contribution is 0.113. The molecule has 0 bridgehead atoms. The lowest BCUT2D eigenvalue weighted by Gasteiger charge is -2.26. The molecule has 2 rings (SSSR count). The lowest BCUT2D eigenvalue weighted by Crippen LogP contribution is -2.42. The van der Waals surface area contributed by atoms with Crippen LogP contribution in [0.4, 0.5) is 4.79 Å². The molecule has 1 aliphatic rings. The van der Waals surface area contributed by atoms with Crippen LogP contribution in [-0.4, -0.2) is 40.7 Å². The van der Waals surface area contributed by atoms with Crippen molar-refractivity contribution in [1.82, 2.24) is 15.2 Å². The predicted molar refractivity (Wildman–Crippen MR) is 86.4 cm³/mol. The molecular formula is C17H27N3O2. The van der Waals surface area contributed by atoms with Crippen molar-refractivity contribution >= 4 is 6.03 Å². The SMILES string of the molecule is CCC[C@H](NC(=O)N(C)C[C@@H]1CCC[C@H]1O)c1ccccn1. The van der Waals surface area contributed by atoms with Gasteiger partial charge in [0.25, 0.3) is 0 Å².